The number of nitrogens with zero attached hydrogens (tertiary/aromatic N) is 1. The van der Waals surface area contributed by atoms with Crippen molar-refractivity contribution in [2.24, 2.45) is 4.99 Å². The molecule has 2 heterocycles. The van der Waals surface area contributed by atoms with Crippen LogP contribution < -0.4 is 29.6 Å². The summed E-state index contributed by atoms with van der Waals surface area (Å²) in [5, 5.41) is 6.68. The Hall–Kier alpha value is -2.36. The highest BCUT2D eigenvalue weighted by Crippen LogP contribution is 2.32. The van der Waals surface area contributed by atoms with Gasteiger partial charge in [0.15, 0.2) is 29.0 Å². The molecule has 0 saturated carbocycles. The molecule has 2 aliphatic rings. The highest BCUT2D eigenvalue weighted by atomic mass is 127. The van der Waals surface area contributed by atoms with Crippen LogP contribution in [0.25, 0.3) is 0 Å². The fourth-order valence-electron chi connectivity index (χ4n) is 3.24. The first kappa shape index (κ1) is 22.3. The van der Waals surface area contributed by atoms with Crippen LogP contribution >= 0.6 is 24.0 Å². The first-order valence-electron chi connectivity index (χ1n) is 10.1. The monoisotopic (exact) mass is 525 g/mol. The molecule has 0 aromatic heterocycles. The largest absolute Gasteiger partial charge is 0.490 e. The summed E-state index contributed by atoms with van der Waals surface area (Å²) < 4.78 is 22.3. The van der Waals surface area contributed by atoms with Crippen molar-refractivity contribution in [3.8, 4) is 23.0 Å². The van der Waals surface area contributed by atoms with E-state index in [4.69, 9.17) is 23.9 Å². The fraction of sp³-hybridized carbons (Fsp3) is 0.409. The summed E-state index contributed by atoms with van der Waals surface area (Å²) in [4.78, 5) is 4.70. The van der Waals surface area contributed by atoms with Gasteiger partial charge in [-0.05, 0) is 48.7 Å². The Morgan fingerprint density at radius 1 is 0.867 bits per heavy atom. The summed E-state index contributed by atoms with van der Waals surface area (Å²) in [6.07, 6.45) is 1.77. The third-order valence-electron chi connectivity index (χ3n) is 4.72. The zero-order valence-electron chi connectivity index (χ0n) is 17.1. The molecule has 0 bridgehead atoms. The Bertz CT molecular complexity index is 875. The number of guanidine groups is 1. The Morgan fingerprint density at radius 2 is 1.53 bits per heavy atom. The van der Waals surface area contributed by atoms with Crippen molar-refractivity contribution < 1.29 is 18.9 Å². The van der Waals surface area contributed by atoms with Gasteiger partial charge in [0, 0.05) is 19.5 Å². The van der Waals surface area contributed by atoms with Gasteiger partial charge < -0.3 is 29.6 Å². The van der Waals surface area contributed by atoms with Crippen molar-refractivity contribution in [1.29, 1.82) is 0 Å². The van der Waals surface area contributed by atoms with Crippen LogP contribution in [0.3, 0.4) is 0 Å². The minimum Gasteiger partial charge on any atom is -0.490 e. The van der Waals surface area contributed by atoms with Crippen LogP contribution in [0.1, 0.15) is 24.5 Å². The number of benzene rings is 2. The maximum absolute atomic E-state index is 5.77. The van der Waals surface area contributed by atoms with Crippen molar-refractivity contribution in [1.82, 2.24) is 10.6 Å². The lowest BCUT2D eigenvalue weighted by Gasteiger charge is -2.12. The maximum atomic E-state index is 5.77. The fourth-order valence-corrected chi connectivity index (χ4v) is 3.24. The van der Waals surface area contributed by atoms with E-state index in [1.165, 1.54) is 5.56 Å². The minimum absolute atomic E-state index is 0. The molecule has 0 unspecified atom stereocenters. The summed E-state index contributed by atoms with van der Waals surface area (Å²) in [7, 11) is 0. The number of aliphatic imine (C=N–C) groups is 1. The maximum Gasteiger partial charge on any atom is 0.231 e. The highest BCUT2D eigenvalue weighted by molar-refractivity contribution is 14.0. The molecule has 2 aromatic carbocycles. The van der Waals surface area contributed by atoms with Crippen LogP contribution in [0, 0.1) is 0 Å². The SMILES string of the molecule is CCNC(=NCc1ccc2c(c1)OCCCO2)NCCc1ccc2c(c1)OCO2.I. The van der Waals surface area contributed by atoms with E-state index in [1.807, 2.05) is 30.3 Å². The van der Waals surface area contributed by atoms with Crippen LogP contribution in [0.5, 0.6) is 23.0 Å². The zero-order chi connectivity index (χ0) is 19.9. The van der Waals surface area contributed by atoms with Crippen LogP contribution in [-0.2, 0) is 13.0 Å². The average molecular weight is 525 g/mol. The van der Waals surface area contributed by atoms with Gasteiger partial charge in [-0.2, -0.15) is 0 Å². The van der Waals surface area contributed by atoms with Crippen LogP contribution in [0.15, 0.2) is 41.4 Å². The number of nitrogens with one attached hydrogen (secondary N) is 2. The molecule has 0 aliphatic carbocycles. The molecule has 30 heavy (non-hydrogen) atoms. The highest BCUT2D eigenvalue weighted by Gasteiger charge is 2.13. The Kier molecular flexibility index (Phi) is 8.30. The molecule has 0 radical (unpaired) electrons. The standard InChI is InChI=1S/C22H27N3O4.HI/c1-2-23-22(24-9-8-16-4-6-19-21(12-16)29-15-28-19)25-14-17-5-7-18-20(13-17)27-11-3-10-26-18;/h4-7,12-13H,2-3,8-11,14-15H2,1H3,(H2,23,24,25);1H. The predicted molar refractivity (Wildman–Crippen MR) is 127 cm³/mol. The predicted octanol–water partition coefficient (Wildman–Crippen LogP) is 3.49. The molecule has 7 nitrogen and oxygen atoms in total. The van der Waals surface area contributed by atoms with Crippen LogP contribution in [-0.4, -0.2) is 39.1 Å². The minimum atomic E-state index is 0. The van der Waals surface area contributed by atoms with Crippen molar-refractivity contribution >= 4 is 29.9 Å². The van der Waals surface area contributed by atoms with Gasteiger partial charge in [-0.15, -0.1) is 24.0 Å². The molecule has 0 saturated heterocycles. The molecular weight excluding hydrogens is 497 g/mol. The topological polar surface area (TPSA) is 73.3 Å². The zero-order valence-corrected chi connectivity index (χ0v) is 19.4. The molecule has 2 N–H and O–H groups in total. The molecule has 2 aromatic rings. The molecule has 0 atom stereocenters. The molecule has 2 aliphatic heterocycles. The van der Waals surface area contributed by atoms with Crippen LogP contribution in [0.4, 0.5) is 0 Å². The quantitative estimate of drug-likeness (QED) is 0.342. The van der Waals surface area contributed by atoms with Crippen molar-refractivity contribution in [3.63, 3.8) is 0 Å². The van der Waals surface area contributed by atoms with E-state index < -0.39 is 0 Å². The Morgan fingerprint density at radius 3 is 2.37 bits per heavy atom. The van der Waals surface area contributed by atoms with E-state index >= 15 is 0 Å². The van der Waals surface area contributed by atoms with Crippen molar-refractivity contribution in [2.45, 2.75) is 26.3 Å². The molecule has 162 valence electrons. The number of ether oxygens (including phenoxy) is 4. The number of hydrogen-bond donors (Lipinski definition) is 2. The van der Waals surface area contributed by atoms with E-state index in [0.29, 0.717) is 26.6 Å². The van der Waals surface area contributed by atoms with E-state index in [2.05, 4.69) is 23.6 Å². The molecule has 0 spiro atoms. The first-order valence-corrected chi connectivity index (χ1v) is 10.1. The molecule has 4 rings (SSSR count). The average Bonchev–Trinajstić information content (AvgIpc) is 3.08. The first-order chi connectivity index (χ1) is 14.3. The number of rotatable bonds is 6. The lowest BCUT2D eigenvalue weighted by atomic mass is 10.1. The van der Waals surface area contributed by atoms with E-state index in [9.17, 15) is 0 Å². The van der Waals surface area contributed by atoms with Gasteiger partial charge in [-0.3, -0.25) is 0 Å². The third-order valence-corrected chi connectivity index (χ3v) is 4.72. The molecule has 0 amide bonds. The van der Waals surface area contributed by atoms with Gasteiger partial charge in [0.05, 0.1) is 19.8 Å². The van der Waals surface area contributed by atoms with Crippen LogP contribution in [0.2, 0.25) is 0 Å². The third kappa shape index (κ3) is 5.84. The van der Waals surface area contributed by atoms with Gasteiger partial charge in [0.25, 0.3) is 0 Å². The lowest BCUT2D eigenvalue weighted by Crippen LogP contribution is -2.38. The second-order valence-corrected chi connectivity index (χ2v) is 6.89. The van der Waals surface area contributed by atoms with Gasteiger partial charge in [0.2, 0.25) is 6.79 Å². The molecular formula is C22H28IN3O4. The summed E-state index contributed by atoms with van der Waals surface area (Å²) >= 11 is 0. The Labute approximate surface area is 194 Å². The molecule has 0 fully saturated rings. The molecule has 8 heteroatoms. The smallest absolute Gasteiger partial charge is 0.231 e. The lowest BCUT2D eigenvalue weighted by molar-refractivity contribution is 0.174. The van der Waals surface area contributed by atoms with Crippen molar-refractivity contribution in [2.75, 3.05) is 33.1 Å². The number of fused-ring (bicyclic) bond motifs is 2. The Balaban J connectivity index is 0.00000256. The van der Waals surface area contributed by atoms with Crippen molar-refractivity contribution in [3.05, 3.63) is 47.5 Å². The van der Waals surface area contributed by atoms with E-state index in [1.54, 1.807) is 0 Å². The van der Waals surface area contributed by atoms with Gasteiger partial charge in [-0.1, -0.05) is 12.1 Å². The summed E-state index contributed by atoms with van der Waals surface area (Å²) in [6.45, 7) is 5.88. The summed E-state index contributed by atoms with van der Waals surface area (Å²) in [6, 6.07) is 12.1. The van der Waals surface area contributed by atoms with E-state index in [-0.39, 0.29) is 24.0 Å². The van der Waals surface area contributed by atoms with Gasteiger partial charge in [0.1, 0.15) is 0 Å². The van der Waals surface area contributed by atoms with Gasteiger partial charge in [-0.25, -0.2) is 4.99 Å². The number of halogens is 1. The normalized spacial score (nSPS) is 14.5. The summed E-state index contributed by atoms with van der Waals surface area (Å²) in [5.74, 6) is 4.03. The summed E-state index contributed by atoms with van der Waals surface area (Å²) in [5.41, 5.74) is 2.28. The second-order valence-electron chi connectivity index (χ2n) is 6.89. The number of hydrogen-bond acceptors (Lipinski definition) is 5. The van der Waals surface area contributed by atoms with E-state index in [0.717, 1.165) is 60.5 Å². The van der Waals surface area contributed by atoms with Gasteiger partial charge >= 0.3 is 0 Å². The second kappa shape index (κ2) is 11.1.